The number of furan rings is 1. The summed E-state index contributed by atoms with van der Waals surface area (Å²) in [6.45, 7) is 4.13. The number of anilines is 1. The highest BCUT2D eigenvalue weighted by molar-refractivity contribution is 6.36. The minimum absolute atomic E-state index is 0.125. The molecule has 1 aliphatic heterocycles. The van der Waals surface area contributed by atoms with Crippen molar-refractivity contribution in [3.8, 4) is 0 Å². The van der Waals surface area contributed by atoms with E-state index in [1.165, 1.54) is 6.26 Å². The standard InChI is InChI=1S/C18H19Cl2N3O3/c1-12(17(24)21-15-5-4-13(19)11-14(15)20)22-6-8-23(9-7-22)18(25)16-3-2-10-26-16/h2-5,10-12H,6-9H2,1H3,(H,21,24). The monoisotopic (exact) mass is 395 g/mol. The second kappa shape index (κ2) is 8.12. The normalized spacial score (nSPS) is 16.3. The molecular weight excluding hydrogens is 377 g/mol. The van der Waals surface area contributed by atoms with Gasteiger partial charge in [-0.15, -0.1) is 0 Å². The van der Waals surface area contributed by atoms with Gasteiger partial charge in [-0.1, -0.05) is 23.2 Å². The summed E-state index contributed by atoms with van der Waals surface area (Å²) in [5, 5.41) is 3.73. The van der Waals surface area contributed by atoms with Gasteiger partial charge >= 0.3 is 0 Å². The van der Waals surface area contributed by atoms with Crippen molar-refractivity contribution in [1.29, 1.82) is 0 Å². The summed E-state index contributed by atoms with van der Waals surface area (Å²) < 4.78 is 5.16. The number of carbonyl (C=O) groups is 2. The Kier molecular flexibility index (Phi) is 5.86. The smallest absolute Gasteiger partial charge is 0.289 e. The maximum Gasteiger partial charge on any atom is 0.289 e. The molecule has 0 radical (unpaired) electrons. The van der Waals surface area contributed by atoms with Gasteiger partial charge in [-0.3, -0.25) is 14.5 Å². The molecule has 138 valence electrons. The van der Waals surface area contributed by atoms with Crippen LogP contribution in [0, 0.1) is 0 Å². The highest BCUT2D eigenvalue weighted by Gasteiger charge is 2.28. The van der Waals surface area contributed by atoms with Gasteiger partial charge in [0.05, 0.1) is 23.0 Å². The van der Waals surface area contributed by atoms with Gasteiger partial charge in [0.25, 0.3) is 5.91 Å². The molecule has 1 aromatic heterocycles. The van der Waals surface area contributed by atoms with Crippen LogP contribution in [0.15, 0.2) is 41.0 Å². The summed E-state index contributed by atoms with van der Waals surface area (Å²) in [5.74, 6) is 0.0568. The first kappa shape index (κ1) is 18.8. The third kappa shape index (κ3) is 4.20. The van der Waals surface area contributed by atoms with Crippen molar-refractivity contribution >= 4 is 40.7 Å². The second-order valence-electron chi connectivity index (χ2n) is 6.09. The van der Waals surface area contributed by atoms with E-state index in [0.717, 1.165) is 0 Å². The number of nitrogens with one attached hydrogen (secondary N) is 1. The Morgan fingerprint density at radius 2 is 1.88 bits per heavy atom. The molecule has 2 amide bonds. The zero-order chi connectivity index (χ0) is 18.7. The Balaban J connectivity index is 1.55. The molecule has 2 heterocycles. The highest BCUT2D eigenvalue weighted by Crippen LogP contribution is 2.25. The van der Waals surface area contributed by atoms with Crippen molar-refractivity contribution in [3.05, 3.63) is 52.4 Å². The molecule has 3 rings (SSSR count). The van der Waals surface area contributed by atoms with E-state index in [1.54, 1.807) is 35.2 Å². The van der Waals surface area contributed by atoms with Crippen molar-refractivity contribution in [2.24, 2.45) is 0 Å². The van der Waals surface area contributed by atoms with Gasteiger partial charge in [0.15, 0.2) is 5.76 Å². The van der Waals surface area contributed by atoms with Gasteiger partial charge in [-0.25, -0.2) is 0 Å². The zero-order valence-corrected chi connectivity index (χ0v) is 15.8. The first-order valence-electron chi connectivity index (χ1n) is 8.28. The predicted octanol–water partition coefficient (Wildman–Crippen LogP) is 3.37. The van der Waals surface area contributed by atoms with Crippen LogP contribution in [-0.2, 0) is 4.79 Å². The molecule has 2 aromatic rings. The Hall–Kier alpha value is -2.02. The lowest BCUT2D eigenvalue weighted by Crippen LogP contribution is -2.54. The molecule has 0 bridgehead atoms. The van der Waals surface area contributed by atoms with Crippen LogP contribution in [0.3, 0.4) is 0 Å². The highest BCUT2D eigenvalue weighted by atomic mass is 35.5. The van der Waals surface area contributed by atoms with Crippen LogP contribution in [0.5, 0.6) is 0 Å². The van der Waals surface area contributed by atoms with Crippen molar-refractivity contribution in [2.45, 2.75) is 13.0 Å². The fourth-order valence-corrected chi connectivity index (χ4v) is 3.32. The van der Waals surface area contributed by atoms with E-state index in [1.807, 2.05) is 11.8 Å². The molecule has 1 fully saturated rings. The second-order valence-corrected chi connectivity index (χ2v) is 6.94. The summed E-state index contributed by atoms with van der Waals surface area (Å²) in [7, 11) is 0. The zero-order valence-electron chi connectivity index (χ0n) is 14.2. The lowest BCUT2D eigenvalue weighted by atomic mass is 10.2. The maximum absolute atomic E-state index is 12.5. The predicted molar refractivity (Wildman–Crippen MR) is 101 cm³/mol. The lowest BCUT2D eigenvalue weighted by molar-refractivity contribution is -0.121. The molecule has 1 saturated heterocycles. The minimum atomic E-state index is -0.345. The number of hydrogen-bond donors (Lipinski definition) is 1. The van der Waals surface area contributed by atoms with E-state index in [0.29, 0.717) is 47.7 Å². The van der Waals surface area contributed by atoms with Crippen LogP contribution >= 0.6 is 23.2 Å². The Labute approximate surface area is 161 Å². The van der Waals surface area contributed by atoms with Crippen molar-refractivity contribution in [1.82, 2.24) is 9.80 Å². The summed E-state index contributed by atoms with van der Waals surface area (Å²) in [4.78, 5) is 28.6. The number of halogens is 2. The first-order chi connectivity index (χ1) is 12.5. The van der Waals surface area contributed by atoms with E-state index in [-0.39, 0.29) is 17.9 Å². The van der Waals surface area contributed by atoms with Gasteiger partial charge in [0.1, 0.15) is 0 Å². The number of rotatable bonds is 4. The number of piperazine rings is 1. The van der Waals surface area contributed by atoms with E-state index in [9.17, 15) is 9.59 Å². The van der Waals surface area contributed by atoms with E-state index in [2.05, 4.69) is 5.32 Å². The molecule has 8 heteroatoms. The first-order valence-corrected chi connectivity index (χ1v) is 9.04. The van der Waals surface area contributed by atoms with Gasteiger partial charge < -0.3 is 14.6 Å². The van der Waals surface area contributed by atoms with E-state index in [4.69, 9.17) is 27.6 Å². The summed E-state index contributed by atoms with van der Waals surface area (Å²) >= 11 is 12.0. The van der Waals surface area contributed by atoms with Crippen LogP contribution in [0.2, 0.25) is 10.0 Å². The number of carbonyl (C=O) groups excluding carboxylic acids is 2. The summed E-state index contributed by atoms with van der Waals surface area (Å²) in [5.41, 5.74) is 0.527. The van der Waals surface area contributed by atoms with E-state index < -0.39 is 0 Å². The van der Waals surface area contributed by atoms with Crippen LogP contribution in [-0.4, -0.2) is 53.8 Å². The Morgan fingerprint density at radius 1 is 1.15 bits per heavy atom. The Morgan fingerprint density at radius 3 is 2.50 bits per heavy atom. The summed E-state index contributed by atoms with van der Waals surface area (Å²) in [6.07, 6.45) is 1.48. The SMILES string of the molecule is CC(C(=O)Nc1ccc(Cl)cc1Cl)N1CCN(C(=O)c2ccco2)CC1. The molecule has 6 nitrogen and oxygen atoms in total. The average Bonchev–Trinajstić information content (AvgIpc) is 3.17. The van der Waals surface area contributed by atoms with Crippen LogP contribution in [0.25, 0.3) is 0 Å². The van der Waals surface area contributed by atoms with E-state index >= 15 is 0 Å². The largest absolute Gasteiger partial charge is 0.459 e. The number of amides is 2. The van der Waals surface area contributed by atoms with Gasteiger partial charge in [-0.2, -0.15) is 0 Å². The van der Waals surface area contributed by atoms with Crippen molar-refractivity contribution < 1.29 is 14.0 Å². The molecule has 1 aromatic carbocycles. The molecule has 1 N–H and O–H groups in total. The maximum atomic E-state index is 12.5. The molecule has 26 heavy (non-hydrogen) atoms. The average molecular weight is 396 g/mol. The summed E-state index contributed by atoms with van der Waals surface area (Å²) in [6, 6.07) is 7.94. The van der Waals surface area contributed by atoms with Gasteiger partial charge in [0, 0.05) is 31.2 Å². The van der Waals surface area contributed by atoms with Crippen molar-refractivity contribution in [3.63, 3.8) is 0 Å². The molecule has 1 aliphatic rings. The third-order valence-electron chi connectivity index (χ3n) is 4.45. The Bertz CT molecular complexity index is 787. The van der Waals surface area contributed by atoms with Crippen LogP contribution < -0.4 is 5.32 Å². The molecule has 0 aliphatic carbocycles. The molecule has 0 saturated carbocycles. The minimum Gasteiger partial charge on any atom is -0.459 e. The fourth-order valence-electron chi connectivity index (χ4n) is 2.86. The lowest BCUT2D eigenvalue weighted by Gasteiger charge is -2.37. The molecular formula is C18H19Cl2N3O3. The van der Waals surface area contributed by atoms with Crippen LogP contribution in [0.1, 0.15) is 17.5 Å². The van der Waals surface area contributed by atoms with Gasteiger partial charge in [-0.05, 0) is 37.3 Å². The van der Waals surface area contributed by atoms with Crippen LogP contribution in [0.4, 0.5) is 5.69 Å². The molecule has 0 spiro atoms. The number of hydrogen-bond acceptors (Lipinski definition) is 4. The molecule has 1 unspecified atom stereocenters. The van der Waals surface area contributed by atoms with Gasteiger partial charge in [0.2, 0.25) is 5.91 Å². The topological polar surface area (TPSA) is 65.8 Å². The fraction of sp³-hybridized carbons (Fsp3) is 0.333. The number of benzene rings is 1. The number of nitrogens with zero attached hydrogens (tertiary/aromatic N) is 2. The third-order valence-corrected chi connectivity index (χ3v) is 5.00. The van der Waals surface area contributed by atoms with Crippen molar-refractivity contribution in [2.75, 3.05) is 31.5 Å². The molecule has 1 atom stereocenters. The quantitative estimate of drug-likeness (QED) is 0.861.